The molecule has 0 atom stereocenters. The number of ether oxygens (including phenoxy) is 1. The van der Waals surface area contributed by atoms with Crippen molar-refractivity contribution in [1.82, 2.24) is 15.5 Å². The monoisotopic (exact) mass is 389 g/mol. The normalized spacial score (nSPS) is 16.5. The van der Waals surface area contributed by atoms with Gasteiger partial charge >= 0.3 is 0 Å². The number of hydrogen-bond acceptors (Lipinski definition) is 6. The van der Waals surface area contributed by atoms with Gasteiger partial charge in [-0.15, -0.1) is 11.8 Å². The van der Waals surface area contributed by atoms with Gasteiger partial charge in [0, 0.05) is 24.0 Å². The lowest BCUT2D eigenvalue weighted by molar-refractivity contribution is -0.123. The van der Waals surface area contributed by atoms with Gasteiger partial charge in [0.15, 0.2) is 5.82 Å². The van der Waals surface area contributed by atoms with Crippen molar-refractivity contribution < 1.29 is 14.1 Å². The van der Waals surface area contributed by atoms with Crippen molar-refractivity contribution in [3.8, 4) is 5.75 Å². The predicted octanol–water partition coefficient (Wildman–Crippen LogP) is 4.23. The van der Waals surface area contributed by atoms with Crippen molar-refractivity contribution >= 4 is 17.7 Å². The van der Waals surface area contributed by atoms with E-state index in [0.29, 0.717) is 18.1 Å². The van der Waals surface area contributed by atoms with Gasteiger partial charge in [0.1, 0.15) is 11.3 Å². The molecule has 0 aliphatic heterocycles. The van der Waals surface area contributed by atoms with Crippen molar-refractivity contribution in [2.45, 2.75) is 62.3 Å². The first-order chi connectivity index (χ1) is 13.1. The summed E-state index contributed by atoms with van der Waals surface area (Å²) < 4.78 is 10.4. The SMILES string of the molecule is COc1ccc(SCCC(=O)NC2(c3noc(C)n3)CCCCCC2)cc1. The lowest BCUT2D eigenvalue weighted by Crippen LogP contribution is -2.46. The number of amides is 1. The van der Waals surface area contributed by atoms with Gasteiger partial charge in [-0.3, -0.25) is 4.79 Å². The minimum atomic E-state index is -0.490. The van der Waals surface area contributed by atoms with E-state index in [-0.39, 0.29) is 5.91 Å². The molecule has 1 fully saturated rings. The van der Waals surface area contributed by atoms with Crippen molar-refractivity contribution in [2.24, 2.45) is 0 Å². The average molecular weight is 390 g/mol. The maximum Gasteiger partial charge on any atom is 0.223 e. The molecule has 1 amide bonds. The van der Waals surface area contributed by atoms with Crippen LogP contribution in [-0.2, 0) is 10.3 Å². The lowest BCUT2D eigenvalue weighted by Gasteiger charge is -2.30. The molecule has 0 spiro atoms. The summed E-state index contributed by atoms with van der Waals surface area (Å²) in [5.41, 5.74) is -0.490. The lowest BCUT2D eigenvalue weighted by atomic mass is 9.89. The summed E-state index contributed by atoms with van der Waals surface area (Å²) in [6, 6.07) is 7.88. The van der Waals surface area contributed by atoms with Crippen LogP contribution in [0.1, 0.15) is 56.7 Å². The average Bonchev–Trinajstić information content (AvgIpc) is 2.98. The molecule has 27 heavy (non-hydrogen) atoms. The highest BCUT2D eigenvalue weighted by atomic mass is 32.2. The minimum Gasteiger partial charge on any atom is -0.497 e. The van der Waals surface area contributed by atoms with Crippen LogP contribution in [0.2, 0.25) is 0 Å². The molecule has 1 aromatic heterocycles. The van der Waals surface area contributed by atoms with Crippen LogP contribution in [0.25, 0.3) is 0 Å². The van der Waals surface area contributed by atoms with E-state index in [1.54, 1.807) is 25.8 Å². The molecule has 7 heteroatoms. The molecule has 1 aliphatic carbocycles. The molecule has 146 valence electrons. The second-order valence-corrected chi connectivity index (χ2v) is 8.12. The summed E-state index contributed by atoms with van der Waals surface area (Å²) in [5, 5.41) is 7.38. The quantitative estimate of drug-likeness (QED) is 0.564. The van der Waals surface area contributed by atoms with E-state index in [2.05, 4.69) is 15.5 Å². The van der Waals surface area contributed by atoms with E-state index in [1.807, 2.05) is 24.3 Å². The number of thioether (sulfide) groups is 1. The Hall–Kier alpha value is -2.02. The van der Waals surface area contributed by atoms with Crippen LogP contribution < -0.4 is 10.1 Å². The zero-order chi connectivity index (χ0) is 19.1. The Balaban J connectivity index is 1.58. The molecule has 0 radical (unpaired) electrons. The highest BCUT2D eigenvalue weighted by molar-refractivity contribution is 7.99. The van der Waals surface area contributed by atoms with Crippen LogP contribution in [0.3, 0.4) is 0 Å². The minimum absolute atomic E-state index is 0.0420. The molecule has 2 aromatic rings. The molecule has 1 N–H and O–H groups in total. The molecule has 3 rings (SSSR count). The molecule has 1 aromatic carbocycles. The molecule has 6 nitrogen and oxygen atoms in total. The number of aromatic nitrogens is 2. The van der Waals surface area contributed by atoms with Crippen LogP contribution in [0.15, 0.2) is 33.7 Å². The molecule has 1 saturated carbocycles. The Morgan fingerprint density at radius 2 is 1.93 bits per heavy atom. The molecule has 1 heterocycles. The van der Waals surface area contributed by atoms with Gasteiger partial charge < -0.3 is 14.6 Å². The van der Waals surface area contributed by atoms with Crippen LogP contribution in [-0.4, -0.2) is 28.9 Å². The molecule has 1 aliphatic rings. The number of carbonyl (C=O) groups is 1. The number of rotatable bonds is 7. The Bertz CT molecular complexity index is 737. The third-order valence-corrected chi connectivity index (χ3v) is 5.96. The van der Waals surface area contributed by atoms with Crippen molar-refractivity contribution in [3.05, 3.63) is 36.0 Å². The van der Waals surface area contributed by atoms with Crippen molar-refractivity contribution in [2.75, 3.05) is 12.9 Å². The van der Waals surface area contributed by atoms with E-state index in [9.17, 15) is 4.79 Å². The Morgan fingerprint density at radius 1 is 1.22 bits per heavy atom. The molecular weight excluding hydrogens is 362 g/mol. The Kier molecular flexibility index (Phi) is 6.77. The summed E-state index contributed by atoms with van der Waals surface area (Å²) in [5.74, 6) is 2.76. The first-order valence-electron chi connectivity index (χ1n) is 9.50. The fraction of sp³-hybridized carbons (Fsp3) is 0.550. The van der Waals surface area contributed by atoms with Gasteiger partial charge in [0.25, 0.3) is 0 Å². The zero-order valence-electron chi connectivity index (χ0n) is 16.0. The van der Waals surface area contributed by atoms with Crippen molar-refractivity contribution in [1.29, 1.82) is 0 Å². The van der Waals surface area contributed by atoms with E-state index >= 15 is 0 Å². The highest BCUT2D eigenvalue weighted by Gasteiger charge is 2.38. The number of benzene rings is 1. The van der Waals surface area contributed by atoms with Crippen LogP contribution in [0.5, 0.6) is 5.75 Å². The number of methoxy groups -OCH3 is 1. The number of nitrogens with one attached hydrogen (secondary N) is 1. The van der Waals surface area contributed by atoms with Gasteiger partial charge in [-0.1, -0.05) is 30.8 Å². The fourth-order valence-electron chi connectivity index (χ4n) is 3.49. The van der Waals surface area contributed by atoms with E-state index in [1.165, 1.54) is 12.8 Å². The van der Waals surface area contributed by atoms with Gasteiger partial charge in [-0.25, -0.2) is 0 Å². The summed E-state index contributed by atoms with van der Waals surface area (Å²) in [6.45, 7) is 1.79. The van der Waals surface area contributed by atoms with Crippen LogP contribution >= 0.6 is 11.8 Å². The maximum absolute atomic E-state index is 12.7. The summed E-state index contributed by atoms with van der Waals surface area (Å²) in [7, 11) is 1.65. The van der Waals surface area contributed by atoms with Gasteiger partial charge in [0.05, 0.1) is 7.11 Å². The zero-order valence-corrected chi connectivity index (χ0v) is 16.8. The molecular formula is C20H27N3O3S. The highest BCUT2D eigenvalue weighted by Crippen LogP contribution is 2.34. The standard InChI is InChI=1S/C20H27N3O3S/c1-15-21-19(23-26-15)20(12-5-3-4-6-13-20)22-18(24)11-14-27-17-9-7-16(25-2)8-10-17/h7-10H,3-6,11-14H2,1-2H3,(H,22,24). The van der Waals surface area contributed by atoms with Gasteiger partial charge in [-0.2, -0.15) is 4.98 Å². The number of aryl methyl sites for hydroxylation is 1. The molecule has 0 bridgehead atoms. The smallest absolute Gasteiger partial charge is 0.223 e. The first kappa shape index (κ1) is 19.7. The number of hydrogen-bond donors (Lipinski definition) is 1. The fourth-order valence-corrected chi connectivity index (χ4v) is 4.34. The van der Waals surface area contributed by atoms with Crippen molar-refractivity contribution in [3.63, 3.8) is 0 Å². The summed E-state index contributed by atoms with van der Waals surface area (Å²) >= 11 is 1.67. The van der Waals surface area contributed by atoms with E-state index in [4.69, 9.17) is 9.26 Å². The molecule has 0 saturated heterocycles. The third-order valence-electron chi connectivity index (χ3n) is 4.95. The number of nitrogens with zero attached hydrogens (tertiary/aromatic N) is 2. The largest absolute Gasteiger partial charge is 0.497 e. The Labute approximate surface area is 164 Å². The predicted molar refractivity (Wildman–Crippen MR) is 105 cm³/mol. The third kappa shape index (κ3) is 5.25. The Morgan fingerprint density at radius 3 is 2.52 bits per heavy atom. The molecule has 0 unspecified atom stereocenters. The van der Waals surface area contributed by atoms with Gasteiger partial charge in [-0.05, 0) is 37.1 Å². The topological polar surface area (TPSA) is 77.2 Å². The second-order valence-electron chi connectivity index (χ2n) is 6.96. The second kappa shape index (κ2) is 9.26. The number of carbonyl (C=O) groups excluding carboxylic acids is 1. The van der Waals surface area contributed by atoms with Crippen LogP contribution in [0.4, 0.5) is 0 Å². The summed E-state index contributed by atoms with van der Waals surface area (Å²) in [4.78, 5) is 18.2. The summed E-state index contributed by atoms with van der Waals surface area (Å²) in [6.07, 6.45) is 6.68. The van der Waals surface area contributed by atoms with E-state index < -0.39 is 5.54 Å². The first-order valence-corrected chi connectivity index (χ1v) is 10.5. The van der Waals surface area contributed by atoms with E-state index in [0.717, 1.165) is 42.1 Å². The van der Waals surface area contributed by atoms with Crippen LogP contribution in [0, 0.1) is 6.92 Å². The maximum atomic E-state index is 12.7. The van der Waals surface area contributed by atoms with Gasteiger partial charge in [0.2, 0.25) is 11.8 Å².